The number of hydrogen-bond donors (Lipinski definition) is 2. The van der Waals surface area contributed by atoms with E-state index in [1.165, 1.54) is 0 Å². The minimum Gasteiger partial charge on any atom is -0.338 e. The van der Waals surface area contributed by atoms with Crippen LogP contribution in [0.3, 0.4) is 0 Å². The topological polar surface area (TPSA) is 93.6 Å². The van der Waals surface area contributed by atoms with E-state index in [0.717, 1.165) is 22.2 Å². The van der Waals surface area contributed by atoms with Crippen molar-refractivity contribution in [3.63, 3.8) is 0 Å². The quantitative estimate of drug-likeness (QED) is 0.692. The minimum absolute atomic E-state index is 0.250. The van der Waals surface area contributed by atoms with Crippen molar-refractivity contribution in [3.05, 3.63) is 29.8 Å². The van der Waals surface area contributed by atoms with E-state index in [4.69, 9.17) is 10.3 Å². The molecule has 0 unspecified atom stereocenters. The van der Waals surface area contributed by atoms with Gasteiger partial charge in [-0.15, -0.1) is 0 Å². The SMILES string of the molecule is Cc1[nH]nc2ccc(-c3noc(CN)n3)cc12. The summed E-state index contributed by atoms with van der Waals surface area (Å²) < 4.78 is 4.98. The Morgan fingerprint density at radius 3 is 3.06 bits per heavy atom. The van der Waals surface area contributed by atoms with Gasteiger partial charge in [-0.1, -0.05) is 5.16 Å². The Labute approximate surface area is 96.8 Å². The first-order chi connectivity index (χ1) is 8.28. The van der Waals surface area contributed by atoms with Gasteiger partial charge in [-0.25, -0.2) is 0 Å². The zero-order valence-corrected chi connectivity index (χ0v) is 9.27. The van der Waals surface area contributed by atoms with Gasteiger partial charge in [0, 0.05) is 16.6 Å². The molecule has 0 aliphatic carbocycles. The maximum absolute atomic E-state index is 5.43. The molecule has 0 bridgehead atoms. The number of aryl methyl sites for hydroxylation is 1. The number of nitrogens with zero attached hydrogens (tertiary/aromatic N) is 3. The number of hydrogen-bond acceptors (Lipinski definition) is 5. The van der Waals surface area contributed by atoms with Crippen molar-refractivity contribution in [1.29, 1.82) is 0 Å². The van der Waals surface area contributed by atoms with Crippen LogP contribution in [0.2, 0.25) is 0 Å². The lowest BCUT2D eigenvalue weighted by atomic mass is 10.1. The second kappa shape index (κ2) is 3.67. The van der Waals surface area contributed by atoms with E-state index < -0.39 is 0 Å². The van der Waals surface area contributed by atoms with Crippen LogP contribution in [-0.4, -0.2) is 20.3 Å². The molecule has 0 fully saturated rings. The monoisotopic (exact) mass is 229 g/mol. The van der Waals surface area contributed by atoms with Gasteiger partial charge in [0.15, 0.2) is 0 Å². The van der Waals surface area contributed by atoms with E-state index >= 15 is 0 Å². The van der Waals surface area contributed by atoms with Gasteiger partial charge in [0.2, 0.25) is 11.7 Å². The summed E-state index contributed by atoms with van der Waals surface area (Å²) >= 11 is 0. The van der Waals surface area contributed by atoms with Crippen LogP contribution in [0, 0.1) is 6.92 Å². The van der Waals surface area contributed by atoms with E-state index in [2.05, 4.69) is 20.3 Å². The summed E-state index contributed by atoms with van der Waals surface area (Å²) in [4.78, 5) is 4.19. The van der Waals surface area contributed by atoms with Crippen molar-refractivity contribution in [2.75, 3.05) is 0 Å². The highest BCUT2D eigenvalue weighted by atomic mass is 16.5. The first kappa shape index (κ1) is 9.98. The van der Waals surface area contributed by atoms with Gasteiger partial charge in [-0.2, -0.15) is 10.1 Å². The number of H-pyrrole nitrogens is 1. The molecule has 6 heteroatoms. The minimum atomic E-state index is 0.250. The second-order valence-corrected chi connectivity index (χ2v) is 3.80. The van der Waals surface area contributed by atoms with Crippen LogP contribution in [0.4, 0.5) is 0 Å². The number of fused-ring (bicyclic) bond motifs is 1. The highest BCUT2D eigenvalue weighted by Crippen LogP contribution is 2.22. The number of rotatable bonds is 2. The maximum atomic E-state index is 5.43. The van der Waals surface area contributed by atoms with E-state index in [0.29, 0.717) is 11.7 Å². The van der Waals surface area contributed by atoms with Crippen LogP contribution in [-0.2, 0) is 6.54 Å². The molecule has 0 saturated carbocycles. The molecule has 0 amide bonds. The average molecular weight is 229 g/mol. The highest BCUT2D eigenvalue weighted by Gasteiger charge is 2.09. The summed E-state index contributed by atoms with van der Waals surface area (Å²) in [6.07, 6.45) is 0. The van der Waals surface area contributed by atoms with Gasteiger partial charge in [0.05, 0.1) is 12.1 Å². The Kier molecular flexibility index (Phi) is 2.15. The summed E-state index contributed by atoms with van der Waals surface area (Å²) in [6.45, 7) is 2.22. The summed E-state index contributed by atoms with van der Waals surface area (Å²) in [5, 5.41) is 12.0. The van der Waals surface area contributed by atoms with Crippen molar-refractivity contribution in [2.24, 2.45) is 5.73 Å². The normalized spacial score (nSPS) is 11.2. The lowest BCUT2D eigenvalue weighted by Gasteiger charge is -1.94. The van der Waals surface area contributed by atoms with E-state index in [1.54, 1.807) is 0 Å². The van der Waals surface area contributed by atoms with Crippen LogP contribution in [0.5, 0.6) is 0 Å². The summed E-state index contributed by atoms with van der Waals surface area (Å²) in [5.74, 6) is 0.983. The summed E-state index contributed by atoms with van der Waals surface area (Å²) in [5.41, 5.74) is 8.26. The molecule has 0 spiro atoms. The van der Waals surface area contributed by atoms with Crippen LogP contribution in [0.25, 0.3) is 22.3 Å². The Bertz CT molecular complexity index is 669. The molecule has 0 aliphatic rings. The fourth-order valence-electron chi connectivity index (χ4n) is 1.73. The number of nitrogens with two attached hydrogens (primary N) is 1. The molecule has 2 heterocycles. The number of aromatic nitrogens is 4. The molecular weight excluding hydrogens is 218 g/mol. The molecule has 3 N–H and O–H groups in total. The lowest BCUT2D eigenvalue weighted by Crippen LogP contribution is -1.95. The molecule has 0 saturated heterocycles. The van der Waals surface area contributed by atoms with Crippen molar-refractivity contribution < 1.29 is 4.52 Å². The molecule has 0 atom stereocenters. The van der Waals surface area contributed by atoms with Gasteiger partial charge in [-0.05, 0) is 25.1 Å². The van der Waals surface area contributed by atoms with Crippen molar-refractivity contribution in [2.45, 2.75) is 13.5 Å². The third kappa shape index (κ3) is 1.58. The van der Waals surface area contributed by atoms with E-state index in [1.807, 2.05) is 25.1 Å². The van der Waals surface area contributed by atoms with E-state index in [-0.39, 0.29) is 6.54 Å². The lowest BCUT2D eigenvalue weighted by molar-refractivity contribution is 0.380. The van der Waals surface area contributed by atoms with Gasteiger partial charge >= 0.3 is 0 Å². The van der Waals surface area contributed by atoms with Crippen LogP contribution < -0.4 is 5.73 Å². The predicted molar refractivity (Wildman–Crippen MR) is 62.0 cm³/mol. The Balaban J connectivity index is 2.13. The Morgan fingerprint density at radius 1 is 1.41 bits per heavy atom. The molecule has 3 aromatic rings. The largest absolute Gasteiger partial charge is 0.338 e. The Hall–Kier alpha value is -2.21. The third-order valence-corrected chi connectivity index (χ3v) is 2.65. The summed E-state index contributed by atoms with van der Waals surface area (Å²) in [7, 11) is 0. The highest BCUT2D eigenvalue weighted by molar-refractivity contribution is 5.85. The molecule has 86 valence electrons. The van der Waals surface area contributed by atoms with E-state index in [9.17, 15) is 0 Å². The van der Waals surface area contributed by atoms with Gasteiger partial charge < -0.3 is 10.3 Å². The predicted octanol–water partition coefficient (Wildman–Crippen LogP) is 1.38. The van der Waals surface area contributed by atoms with Gasteiger partial charge in [-0.3, -0.25) is 5.10 Å². The molecule has 3 rings (SSSR count). The molecule has 17 heavy (non-hydrogen) atoms. The Morgan fingerprint density at radius 2 is 2.29 bits per heavy atom. The standard InChI is InChI=1S/C11H11N5O/c1-6-8-4-7(2-3-9(8)15-14-6)11-13-10(5-12)17-16-11/h2-4H,5,12H2,1H3,(H,14,15). The molecule has 0 radical (unpaired) electrons. The average Bonchev–Trinajstić information content (AvgIpc) is 2.96. The molecule has 1 aromatic carbocycles. The summed E-state index contributed by atoms with van der Waals surface area (Å²) in [6, 6.07) is 5.82. The zero-order valence-electron chi connectivity index (χ0n) is 9.27. The first-order valence-electron chi connectivity index (χ1n) is 5.25. The fourth-order valence-corrected chi connectivity index (χ4v) is 1.73. The second-order valence-electron chi connectivity index (χ2n) is 3.80. The van der Waals surface area contributed by atoms with Crippen molar-refractivity contribution >= 4 is 10.9 Å². The number of aromatic amines is 1. The van der Waals surface area contributed by atoms with Crippen LogP contribution in [0.1, 0.15) is 11.6 Å². The van der Waals surface area contributed by atoms with Crippen LogP contribution >= 0.6 is 0 Å². The van der Waals surface area contributed by atoms with Crippen molar-refractivity contribution in [1.82, 2.24) is 20.3 Å². The molecule has 2 aromatic heterocycles. The van der Waals surface area contributed by atoms with Crippen molar-refractivity contribution in [3.8, 4) is 11.4 Å². The number of benzene rings is 1. The maximum Gasteiger partial charge on any atom is 0.240 e. The number of nitrogens with one attached hydrogen (secondary N) is 1. The van der Waals surface area contributed by atoms with Gasteiger partial charge in [0.1, 0.15) is 0 Å². The zero-order chi connectivity index (χ0) is 11.8. The molecule has 0 aliphatic heterocycles. The third-order valence-electron chi connectivity index (χ3n) is 2.65. The smallest absolute Gasteiger partial charge is 0.240 e. The molecular formula is C11H11N5O. The van der Waals surface area contributed by atoms with Gasteiger partial charge in [0.25, 0.3) is 0 Å². The first-order valence-corrected chi connectivity index (χ1v) is 5.25. The fraction of sp³-hybridized carbons (Fsp3) is 0.182. The molecule has 6 nitrogen and oxygen atoms in total. The van der Waals surface area contributed by atoms with Crippen LogP contribution in [0.15, 0.2) is 22.7 Å².